The van der Waals surface area contributed by atoms with E-state index in [1.807, 2.05) is 6.92 Å². The molecular formula is C10H19ClN4O. The number of rotatable bonds is 3. The lowest BCUT2D eigenvalue weighted by Gasteiger charge is -2.30. The Morgan fingerprint density at radius 2 is 2.38 bits per heavy atom. The van der Waals surface area contributed by atoms with Gasteiger partial charge in [-0.25, -0.2) is 0 Å². The second-order valence-corrected chi connectivity index (χ2v) is 4.21. The van der Waals surface area contributed by atoms with Crippen LogP contribution in [0.25, 0.3) is 0 Å². The summed E-state index contributed by atoms with van der Waals surface area (Å²) in [5.41, 5.74) is 5.68. The van der Waals surface area contributed by atoms with E-state index in [0.717, 1.165) is 26.2 Å². The molecule has 0 bridgehead atoms. The number of nitrogens with two attached hydrogens (primary N) is 1. The summed E-state index contributed by atoms with van der Waals surface area (Å²) in [5, 5.41) is 3.78. The van der Waals surface area contributed by atoms with Crippen molar-refractivity contribution in [3.63, 3.8) is 0 Å². The van der Waals surface area contributed by atoms with Crippen molar-refractivity contribution in [3.05, 3.63) is 11.7 Å². The molecule has 0 aromatic carbocycles. The molecule has 16 heavy (non-hydrogen) atoms. The fraction of sp³-hybridized carbons (Fsp3) is 0.800. The highest BCUT2D eigenvalue weighted by Crippen LogP contribution is 2.16. The Kier molecular flexibility index (Phi) is 5.18. The molecule has 1 unspecified atom stereocenters. The minimum absolute atomic E-state index is 0. The molecule has 0 radical (unpaired) electrons. The molecule has 1 atom stereocenters. The van der Waals surface area contributed by atoms with E-state index < -0.39 is 0 Å². The van der Waals surface area contributed by atoms with Crippen molar-refractivity contribution >= 4 is 12.4 Å². The van der Waals surface area contributed by atoms with Gasteiger partial charge >= 0.3 is 0 Å². The second-order valence-electron chi connectivity index (χ2n) is 4.21. The Labute approximate surface area is 102 Å². The summed E-state index contributed by atoms with van der Waals surface area (Å²) < 4.78 is 5.10. The van der Waals surface area contributed by atoms with E-state index in [0.29, 0.717) is 17.6 Å². The molecule has 1 fully saturated rings. The van der Waals surface area contributed by atoms with Gasteiger partial charge in [-0.05, 0) is 38.8 Å². The van der Waals surface area contributed by atoms with Gasteiger partial charge in [0, 0.05) is 6.54 Å². The standard InChI is InChI=1S/C10H18N4O.ClH/c1-8-12-10(15-13-8)7-14-4-2-3-9(5-11)6-14;/h9H,2-7,11H2,1H3;1H. The first-order chi connectivity index (χ1) is 7.28. The molecular weight excluding hydrogens is 228 g/mol. The van der Waals surface area contributed by atoms with Gasteiger partial charge in [0.05, 0.1) is 6.54 Å². The van der Waals surface area contributed by atoms with Crippen LogP contribution < -0.4 is 5.73 Å². The third kappa shape index (κ3) is 3.43. The molecule has 0 saturated carbocycles. The number of aromatic nitrogens is 2. The molecule has 1 aliphatic heterocycles. The molecule has 1 aromatic heterocycles. The van der Waals surface area contributed by atoms with E-state index in [1.165, 1.54) is 12.8 Å². The van der Waals surface area contributed by atoms with Crippen molar-refractivity contribution in [2.75, 3.05) is 19.6 Å². The number of nitrogens with zero attached hydrogens (tertiary/aromatic N) is 3. The van der Waals surface area contributed by atoms with Crippen molar-refractivity contribution in [1.82, 2.24) is 15.0 Å². The van der Waals surface area contributed by atoms with E-state index in [1.54, 1.807) is 0 Å². The molecule has 0 spiro atoms. The molecule has 0 amide bonds. The van der Waals surface area contributed by atoms with Crippen molar-refractivity contribution in [3.8, 4) is 0 Å². The largest absolute Gasteiger partial charge is 0.338 e. The van der Waals surface area contributed by atoms with E-state index in [-0.39, 0.29) is 12.4 Å². The molecule has 92 valence electrons. The van der Waals surface area contributed by atoms with Gasteiger partial charge in [-0.2, -0.15) is 4.98 Å². The van der Waals surface area contributed by atoms with E-state index >= 15 is 0 Å². The summed E-state index contributed by atoms with van der Waals surface area (Å²) in [6.45, 7) is 5.54. The highest BCUT2D eigenvalue weighted by atomic mass is 35.5. The van der Waals surface area contributed by atoms with Gasteiger partial charge in [0.1, 0.15) is 0 Å². The number of piperidine rings is 1. The zero-order valence-corrected chi connectivity index (χ0v) is 10.4. The average molecular weight is 247 g/mol. The predicted octanol–water partition coefficient (Wildman–Crippen LogP) is 0.971. The fourth-order valence-electron chi connectivity index (χ4n) is 2.08. The molecule has 1 saturated heterocycles. The lowest BCUT2D eigenvalue weighted by atomic mass is 9.98. The summed E-state index contributed by atoms with van der Waals surface area (Å²) in [7, 11) is 0. The molecule has 1 aromatic rings. The SMILES string of the molecule is Cc1noc(CN2CCCC(CN)C2)n1.Cl. The van der Waals surface area contributed by atoms with Crippen molar-refractivity contribution in [1.29, 1.82) is 0 Å². The molecule has 1 aliphatic rings. The number of aryl methyl sites for hydroxylation is 1. The van der Waals surface area contributed by atoms with E-state index in [4.69, 9.17) is 10.3 Å². The Balaban J connectivity index is 0.00000128. The maximum absolute atomic E-state index is 5.68. The third-order valence-corrected chi connectivity index (χ3v) is 2.86. The first-order valence-corrected chi connectivity index (χ1v) is 5.49. The van der Waals surface area contributed by atoms with Gasteiger partial charge in [0.2, 0.25) is 5.89 Å². The molecule has 5 nitrogen and oxygen atoms in total. The van der Waals surface area contributed by atoms with Gasteiger partial charge in [-0.3, -0.25) is 4.90 Å². The van der Waals surface area contributed by atoms with Crippen LogP contribution in [0.15, 0.2) is 4.52 Å². The molecule has 2 rings (SSSR count). The summed E-state index contributed by atoms with van der Waals surface area (Å²) in [4.78, 5) is 6.55. The summed E-state index contributed by atoms with van der Waals surface area (Å²) >= 11 is 0. The van der Waals surface area contributed by atoms with Crippen LogP contribution in [0.3, 0.4) is 0 Å². The summed E-state index contributed by atoms with van der Waals surface area (Å²) in [6.07, 6.45) is 2.46. The molecule has 0 aliphatic carbocycles. The number of halogens is 1. The third-order valence-electron chi connectivity index (χ3n) is 2.86. The molecule has 2 N–H and O–H groups in total. The smallest absolute Gasteiger partial charge is 0.240 e. The first kappa shape index (κ1) is 13.4. The van der Waals surface area contributed by atoms with Crippen LogP contribution in [0.1, 0.15) is 24.6 Å². The Morgan fingerprint density at radius 3 is 3.00 bits per heavy atom. The number of likely N-dealkylation sites (tertiary alicyclic amines) is 1. The topological polar surface area (TPSA) is 68.2 Å². The van der Waals surface area contributed by atoms with Crippen LogP contribution in [-0.4, -0.2) is 34.7 Å². The number of hydrogen-bond donors (Lipinski definition) is 1. The summed E-state index contributed by atoms with van der Waals surface area (Å²) in [6, 6.07) is 0. The zero-order chi connectivity index (χ0) is 10.7. The van der Waals surface area contributed by atoms with E-state index in [9.17, 15) is 0 Å². The Hall–Kier alpha value is -0.650. The van der Waals surface area contributed by atoms with Crippen molar-refractivity contribution in [2.45, 2.75) is 26.3 Å². The minimum atomic E-state index is 0. The zero-order valence-electron chi connectivity index (χ0n) is 9.56. The van der Waals surface area contributed by atoms with Crippen LogP contribution in [0.4, 0.5) is 0 Å². The highest BCUT2D eigenvalue weighted by Gasteiger charge is 2.20. The molecule has 6 heteroatoms. The lowest BCUT2D eigenvalue weighted by molar-refractivity contribution is 0.153. The highest BCUT2D eigenvalue weighted by molar-refractivity contribution is 5.85. The minimum Gasteiger partial charge on any atom is -0.338 e. The van der Waals surface area contributed by atoms with Gasteiger partial charge in [0.25, 0.3) is 0 Å². The first-order valence-electron chi connectivity index (χ1n) is 5.49. The Morgan fingerprint density at radius 1 is 1.56 bits per heavy atom. The van der Waals surface area contributed by atoms with Crippen LogP contribution in [-0.2, 0) is 6.54 Å². The van der Waals surface area contributed by atoms with Gasteiger partial charge in [-0.15, -0.1) is 12.4 Å². The maximum atomic E-state index is 5.68. The van der Waals surface area contributed by atoms with Gasteiger partial charge < -0.3 is 10.3 Å². The van der Waals surface area contributed by atoms with Crippen LogP contribution >= 0.6 is 12.4 Å². The average Bonchev–Trinajstić information content (AvgIpc) is 2.64. The quantitative estimate of drug-likeness (QED) is 0.861. The number of hydrogen-bond acceptors (Lipinski definition) is 5. The fourth-order valence-corrected chi connectivity index (χ4v) is 2.08. The maximum Gasteiger partial charge on any atom is 0.240 e. The van der Waals surface area contributed by atoms with Crippen LogP contribution in [0.5, 0.6) is 0 Å². The van der Waals surface area contributed by atoms with Crippen LogP contribution in [0.2, 0.25) is 0 Å². The van der Waals surface area contributed by atoms with E-state index in [2.05, 4.69) is 15.0 Å². The monoisotopic (exact) mass is 246 g/mol. The normalized spacial score (nSPS) is 21.8. The lowest BCUT2D eigenvalue weighted by Crippen LogP contribution is -2.37. The van der Waals surface area contributed by atoms with Gasteiger partial charge in [0.15, 0.2) is 5.82 Å². The van der Waals surface area contributed by atoms with Crippen LogP contribution in [0, 0.1) is 12.8 Å². The summed E-state index contributed by atoms with van der Waals surface area (Å²) in [5.74, 6) is 2.05. The predicted molar refractivity (Wildman–Crippen MR) is 63.3 cm³/mol. The van der Waals surface area contributed by atoms with Gasteiger partial charge in [-0.1, -0.05) is 5.16 Å². The van der Waals surface area contributed by atoms with Crippen molar-refractivity contribution < 1.29 is 4.52 Å². The molecule has 2 heterocycles. The Bertz CT molecular complexity index is 318. The van der Waals surface area contributed by atoms with Crippen molar-refractivity contribution in [2.24, 2.45) is 11.7 Å². The second kappa shape index (κ2) is 6.18.